The van der Waals surface area contributed by atoms with Gasteiger partial charge in [0.25, 0.3) is 0 Å². The maximum Gasteiger partial charge on any atom is 0.316 e. The van der Waals surface area contributed by atoms with E-state index in [0.717, 1.165) is 22.3 Å². The number of hydrogen-bond acceptors (Lipinski definition) is 6. The maximum absolute atomic E-state index is 14.0. The van der Waals surface area contributed by atoms with Crippen LogP contribution in [0.25, 0.3) is 0 Å². The number of anilines is 2. The molecule has 2 fully saturated rings. The quantitative estimate of drug-likeness (QED) is 0.185. The molecular weight excluding hydrogens is 556 g/mol. The predicted molar refractivity (Wildman–Crippen MR) is 162 cm³/mol. The Morgan fingerprint density at radius 2 is 1.23 bits per heavy atom. The molecule has 3 aliphatic carbocycles. The molecule has 9 rings (SSSR count). The molecule has 0 aromatic heterocycles. The Kier molecular flexibility index (Phi) is 5.94. The number of carbonyl (C=O) groups excluding carboxylic acids is 4. The van der Waals surface area contributed by atoms with E-state index in [9.17, 15) is 19.2 Å². The summed E-state index contributed by atoms with van der Waals surface area (Å²) in [5.74, 6) is -2.22. The van der Waals surface area contributed by atoms with Gasteiger partial charge in [-0.05, 0) is 58.7 Å². The summed E-state index contributed by atoms with van der Waals surface area (Å²) in [6.45, 7) is 0.183. The van der Waals surface area contributed by atoms with Crippen molar-refractivity contribution >= 4 is 35.1 Å². The highest BCUT2D eigenvalue weighted by molar-refractivity contribution is 6.23. The van der Waals surface area contributed by atoms with Crippen LogP contribution in [0.5, 0.6) is 11.5 Å². The SMILES string of the molecule is COc1ccccc1N1C[C@@H](C(=O)Oc2ccc(N3C(=O)[C@@H]4C5c6ccccc6C(c6ccccc65)[C@@H]4C3=O)cc2)CC1=O. The summed E-state index contributed by atoms with van der Waals surface area (Å²) in [4.78, 5) is 56.6. The molecule has 4 aromatic carbocycles. The normalized spacial score (nSPS) is 24.7. The van der Waals surface area contributed by atoms with E-state index < -0.39 is 23.7 Å². The van der Waals surface area contributed by atoms with Crippen molar-refractivity contribution in [1.29, 1.82) is 0 Å². The van der Waals surface area contributed by atoms with Crippen LogP contribution in [0.4, 0.5) is 11.4 Å². The van der Waals surface area contributed by atoms with Gasteiger partial charge in [0, 0.05) is 24.8 Å². The van der Waals surface area contributed by atoms with E-state index in [1.165, 1.54) is 12.0 Å². The first-order chi connectivity index (χ1) is 21.5. The molecule has 3 amide bonds. The summed E-state index contributed by atoms with van der Waals surface area (Å²) in [7, 11) is 1.54. The molecule has 4 aromatic rings. The van der Waals surface area contributed by atoms with Gasteiger partial charge in [0.1, 0.15) is 11.5 Å². The standard InChI is InChI=1S/C36H28N2O6/c1-43-28-13-7-6-12-27(28)37-19-20(18-29(37)39)36(42)44-22-16-14-21(15-17-22)38-34(40)32-30-23-8-2-3-9-24(23)31(33(32)35(38)41)26-11-5-4-10-25(26)30/h2-17,20,30-33H,18-19H2,1H3/t20-,30?,31?,32-,33+/m0/s1. The number of esters is 1. The highest BCUT2D eigenvalue weighted by atomic mass is 16.5. The molecule has 3 atom stereocenters. The molecule has 2 aliphatic heterocycles. The van der Waals surface area contributed by atoms with Crippen LogP contribution >= 0.6 is 0 Å². The van der Waals surface area contributed by atoms with Crippen LogP contribution in [0.2, 0.25) is 0 Å². The lowest BCUT2D eigenvalue weighted by molar-refractivity contribution is -0.139. The number of imide groups is 1. The van der Waals surface area contributed by atoms with Gasteiger partial charge in [-0.2, -0.15) is 0 Å². The molecule has 2 heterocycles. The number of hydrogen-bond donors (Lipinski definition) is 0. The van der Waals surface area contributed by atoms with Gasteiger partial charge in [0.15, 0.2) is 0 Å². The third-order valence-electron chi connectivity index (χ3n) is 9.60. The van der Waals surface area contributed by atoms with Crippen molar-refractivity contribution in [2.24, 2.45) is 17.8 Å². The zero-order valence-corrected chi connectivity index (χ0v) is 23.9. The van der Waals surface area contributed by atoms with Crippen molar-refractivity contribution < 1.29 is 28.7 Å². The van der Waals surface area contributed by atoms with Gasteiger partial charge in [0.05, 0.1) is 36.2 Å². The Morgan fingerprint density at radius 1 is 0.705 bits per heavy atom. The molecule has 2 saturated heterocycles. The molecule has 0 saturated carbocycles. The summed E-state index contributed by atoms with van der Waals surface area (Å²) in [6, 6.07) is 29.9. The number of nitrogens with zero attached hydrogens (tertiary/aromatic N) is 2. The van der Waals surface area contributed by atoms with Gasteiger partial charge in [-0.1, -0.05) is 60.7 Å². The van der Waals surface area contributed by atoms with Crippen LogP contribution in [0, 0.1) is 17.8 Å². The van der Waals surface area contributed by atoms with Crippen LogP contribution in [-0.4, -0.2) is 37.3 Å². The predicted octanol–water partition coefficient (Wildman–Crippen LogP) is 5.05. The third kappa shape index (κ3) is 3.76. The van der Waals surface area contributed by atoms with Gasteiger partial charge in [-0.25, -0.2) is 4.90 Å². The molecular formula is C36H28N2O6. The topological polar surface area (TPSA) is 93.2 Å². The summed E-state index contributed by atoms with van der Waals surface area (Å²) in [6.07, 6.45) is 0.0294. The molecule has 0 radical (unpaired) electrons. The van der Waals surface area contributed by atoms with Crippen molar-refractivity contribution in [2.45, 2.75) is 18.3 Å². The number of benzene rings is 4. The average Bonchev–Trinajstić information content (AvgIpc) is 3.58. The molecule has 218 valence electrons. The Morgan fingerprint density at radius 3 is 1.77 bits per heavy atom. The number of methoxy groups -OCH3 is 1. The van der Waals surface area contributed by atoms with Crippen LogP contribution < -0.4 is 19.3 Å². The van der Waals surface area contributed by atoms with Gasteiger partial charge in [0.2, 0.25) is 17.7 Å². The largest absolute Gasteiger partial charge is 0.495 e. The van der Waals surface area contributed by atoms with Crippen molar-refractivity contribution in [3.05, 3.63) is 119 Å². The maximum atomic E-state index is 14.0. The summed E-state index contributed by atoms with van der Waals surface area (Å²) in [5, 5.41) is 0. The van der Waals surface area contributed by atoms with E-state index in [2.05, 4.69) is 24.3 Å². The fourth-order valence-electron chi connectivity index (χ4n) is 7.75. The van der Waals surface area contributed by atoms with Crippen molar-refractivity contribution in [3.63, 3.8) is 0 Å². The smallest absolute Gasteiger partial charge is 0.316 e. The van der Waals surface area contributed by atoms with Gasteiger partial charge >= 0.3 is 5.97 Å². The Bertz CT molecular complexity index is 1750. The molecule has 44 heavy (non-hydrogen) atoms. The second-order valence-electron chi connectivity index (χ2n) is 11.8. The molecule has 8 heteroatoms. The van der Waals surface area contributed by atoms with Gasteiger partial charge in [-0.3, -0.25) is 19.2 Å². The zero-order chi connectivity index (χ0) is 30.1. The van der Waals surface area contributed by atoms with Crippen LogP contribution in [-0.2, 0) is 19.2 Å². The lowest BCUT2D eigenvalue weighted by Gasteiger charge is -2.45. The molecule has 2 bridgehead atoms. The minimum absolute atomic E-state index is 0.0294. The highest BCUT2D eigenvalue weighted by Gasteiger charge is 2.61. The Hall–Kier alpha value is -5.24. The summed E-state index contributed by atoms with van der Waals surface area (Å²) in [5.41, 5.74) is 5.55. The first kappa shape index (κ1) is 26.4. The molecule has 8 nitrogen and oxygen atoms in total. The highest BCUT2D eigenvalue weighted by Crippen LogP contribution is 2.61. The van der Waals surface area contributed by atoms with Crippen molar-refractivity contribution in [1.82, 2.24) is 0 Å². The fourth-order valence-corrected chi connectivity index (χ4v) is 7.75. The number of carbonyl (C=O) groups is 4. The molecule has 0 N–H and O–H groups in total. The third-order valence-corrected chi connectivity index (χ3v) is 9.60. The van der Waals surface area contributed by atoms with E-state index >= 15 is 0 Å². The van der Waals surface area contributed by atoms with Gasteiger partial charge in [-0.15, -0.1) is 0 Å². The summed E-state index contributed by atoms with van der Waals surface area (Å²) >= 11 is 0. The van der Waals surface area contributed by atoms with Crippen molar-refractivity contribution in [2.75, 3.05) is 23.5 Å². The second kappa shape index (κ2) is 9.91. The summed E-state index contributed by atoms with van der Waals surface area (Å²) < 4.78 is 11.0. The molecule has 0 spiro atoms. The molecule has 0 unspecified atom stereocenters. The number of ether oxygens (including phenoxy) is 2. The number of rotatable bonds is 5. The van der Waals surface area contributed by atoms with Gasteiger partial charge < -0.3 is 14.4 Å². The Labute approximate surface area is 253 Å². The first-order valence-corrected chi connectivity index (χ1v) is 14.8. The van der Waals surface area contributed by atoms with Crippen LogP contribution in [0.3, 0.4) is 0 Å². The van der Waals surface area contributed by atoms with Crippen LogP contribution in [0.15, 0.2) is 97.1 Å². The second-order valence-corrected chi connectivity index (χ2v) is 11.8. The lowest BCUT2D eigenvalue weighted by Crippen LogP contribution is -2.41. The van der Waals surface area contributed by atoms with E-state index in [0.29, 0.717) is 17.1 Å². The van der Waals surface area contributed by atoms with Crippen molar-refractivity contribution in [3.8, 4) is 11.5 Å². The van der Waals surface area contributed by atoms with Crippen LogP contribution in [0.1, 0.15) is 40.5 Å². The first-order valence-electron chi connectivity index (χ1n) is 14.8. The average molecular weight is 585 g/mol. The molecule has 5 aliphatic rings. The minimum atomic E-state index is -0.643. The van der Waals surface area contributed by atoms with E-state index in [1.54, 1.807) is 41.3 Å². The lowest BCUT2D eigenvalue weighted by atomic mass is 9.55. The number of para-hydroxylation sites is 2. The fraction of sp³-hybridized carbons (Fsp3) is 0.222. The van der Waals surface area contributed by atoms with E-state index in [-0.39, 0.29) is 48.3 Å². The zero-order valence-electron chi connectivity index (χ0n) is 23.9. The monoisotopic (exact) mass is 584 g/mol. The van der Waals surface area contributed by atoms with E-state index in [4.69, 9.17) is 9.47 Å². The minimum Gasteiger partial charge on any atom is -0.495 e. The van der Waals surface area contributed by atoms with E-state index in [1.807, 2.05) is 36.4 Å². The Balaban J connectivity index is 1.02. The number of amides is 3.